The Morgan fingerprint density at radius 1 is 1.19 bits per heavy atom. The van der Waals surface area contributed by atoms with Crippen LogP contribution in [-0.2, 0) is 4.74 Å². The van der Waals surface area contributed by atoms with E-state index in [2.05, 4.69) is 34.9 Å². The van der Waals surface area contributed by atoms with Crippen molar-refractivity contribution in [3.05, 3.63) is 53.1 Å². The molecule has 0 aliphatic carbocycles. The fourth-order valence-electron chi connectivity index (χ4n) is 4.21. The quantitative estimate of drug-likeness (QED) is 0.503. The highest BCUT2D eigenvalue weighted by molar-refractivity contribution is 7.17. The van der Waals surface area contributed by atoms with Crippen LogP contribution in [0.2, 0.25) is 0 Å². The summed E-state index contributed by atoms with van der Waals surface area (Å²) in [4.78, 5) is 8.31. The SMILES string of the molecule is COc1cccc(C(c2sc3nc(-c4ccco4)nn3c2O)N2CC(C)OC(C)C2)c1. The molecule has 3 atom stereocenters. The number of aromatic hydroxyl groups is 1. The lowest BCUT2D eigenvalue weighted by Crippen LogP contribution is -2.47. The molecule has 0 bridgehead atoms. The van der Waals surface area contributed by atoms with Gasteiger partial charge in [-0.3, -0.25) is 4.90 Å². The summed E-state index contributed by atoms with van der Waals surface area (Å²) < 4.78 is 18.3. The fraction of sp³-hybridized carbons (Fsp3) is 0.364. The van der Waals surface area contributed by atoms with E-state index in [1.54, 1.807) is 25.5 Å². The van der Waals surface area contributed by atoms with Crippen molar-refractivity contribution < 1.29 is 19.0 Å². The van der Waals surface area contributed by atoms with Gasteiger partial charge in [0.1, 0.15) is 5.75 Å². The second kappa shape index (κ2) is 7.99. The normalized spacial score (nSPS) is 20.9. The molecule has 9 heteroatoms. The third-order valence-corrected chi connectivity index (χ3v) is 6.48. The molecule has 31 heavy (non-hydrogen) atoms. The number of benzene rings is 1. The van der Waals surface area contributed by atoms with Crippen molar-refractivity contribution in [2.75, 3.05) is 20.2 Å². The van der Waals surface area contributed by atoms with E-state index in [-0.39, 0.29) is 24.1 Å². The zero-order valence-corrected chi connectivity index (χ0v) is 18.4. The lowest BCUT2D eigenvalue weighted by molar-refractivity contribution is -0.0764. The van der Waals surface area contributed by atoms with Gasteiger partial charge in [-0.05, 0) is 43.7 Å². The predicted octanol–water partition coefficient (Wildman–Crippen LogP) is 3.96. The van der Waals surface area contributed by atoms with Crippen molar-refractivity contribution >= 4 is 16.3 Å². The molecule has 162 valence electrons. The third-order valence-electron chi connectivity index (χ3n) is 5.41. The molecule has 1 aromatic carbocycles. The smallest absolute Gasteiger partial charge is 0.230 e. The third kappa shape index (κ3) is 3.69. The highest BCUT2D eigenvalue weighted by atomic mass is 32.1. The van der Waals surface area contributed by atoms with E-state index >= 15 is 0 Å². The molecule has 0 saturated carbocycles. The molecule has 4 heterocycles. The zero-order valence-electron chi connectivity index (χ0n) is 17.6. The number of aromatic nitrogens is 3. The maximum Gasteiger partial charge on any atom is 0.230 e. The number of thiazole rings is 1. The van der Waals surface area contributed by atoms with Gasteiger partial charge in [0, 0.05) is 13.1 Å². The number of ether oxygens (including phenoxy) is 2. The number of methoxy groups -OCH3 is 1. The van der Waals surface area contributed by atoms with E-state index in [1.807, 2.05) is 18.2 Å². The molecule has 8 nitrogen and oxygen atoms in total. The molecule has 0 spiro atoms. The highest BCUT2D eigenvalue weighted by Crippen LogP contribution is 2.42. The zero-order chi connectivity index (χ0) is 21.5. The average molecular weight is 441 g/mol. The molecule has 5 rings (SSSR count). The summed E-state index contributed by atoms with van der Waals surface area (Å²) in [7, 11) is 1.66. The number of fused-ring (bicyclic) bond motifs is 1. The van der Waals surface area contributed by atoms with E-state index < -0.39 is 0 Å². The summed E-state index contributed by atoms with van der Waals surface area (Å²) in [5.74, 6) is 1.88. The molecule has 3 aromatic heterocycles. The number of rotatable bonds is 5. The summed E-state index contributed by atoms with van der Waals surface area (Å²) in [6.45, 7) is 5.64. The standard InChI is InChI=1S/C22H24N4O4S/c1-13-11-25(12-14(2)30-13)18(15-6-4-7-16(10-15)28-3)19-21(27)26-22(31-19)23-20(24-26)17-8-5-9-29-17/h4-10,13-14,18,27H,11-12H2,1-3H3. The first-order chi connectivity index (χ1) is 15.0. The van der Waals surface area contributed by atoms with Crippen LogP contribution in [0.5, 0.6) is 11.6 Å². The Kier molecular flexibility index (Phi) is 5.17. The van der Waals surface area contributed by atoms with Crippen molar-refractivity contribution in [3.63, 3.8) is 0 Å². The minimum atomic E-state index is -0.176. The molecule has 1 aliphatic heterocycles. The molecule has 1 fully saturated rings. The fourth-order valence-corrected chi connectivity index (χ4v) is 5.32. The molecular weight excluding hydrogens is 416 g/mol. The predicted molar refractivity (Wildman–Crippen MR) is 117 cm³/mol. The Bertz CT molecular complexity index is 1180. The Morgan fingerprint density at radius 2 is 2.00 bits per heavy atom. The van der Waals surface area contributed by atoms with Gasteiger partial charge in [0.25, 0.3) is 0 Å². The summed E-state index contributed by atoms with van der Waals surface area (Å²) >= 11 is 1.43. The molecule has 3 unspecified atom stereocenters. The summed E-state index contributed by atoms with van der Waals surface area (Å²) in [5, 5.41) is 15.6. The molecule has 0 amide bonds. The summed E-state index contributed by atoms with van der Waals surface area (Å²) in [5.41, 5.74) is 1.03. The van der Waals surface area contributed by atoms with Crippen LogP contribution in [-0.4, -0.2) is 57.0 Å². The first-order valence-electron chi connectivity index (χ1n) is 10.2. The van der Waals surface area contributed by atoms with Crippen LogP contribution in [0.25, 0.3) is 16.5 Å². The molecular formula is C22H24N4O4S. The number of hydrogen-bond donors (Lipinski definition) is 1. The van der Waals surface area contributed by atoms with E-state index in [0.29, 0.717) is 16.5 Å². The number of morpholine rings is 1. The van der Waals surface area contributed by atoms with Crippen molar-refractivity contribution in [3.8, 4) is 23.2 Å². The van der Waals surface area contributed by atoms with Crippen molar-refractivity contribution in [2.24, 2.45) is 0 Å². The van der Waals surface area contributed by atoms with Gasteiger partial charge >= 0.3 is 0 Å². The van der Waals surface area contributed by atoms with Crippen LogP contribution >= 0.6 is 11.3 Å². The van der Waals surface area contributed by atoms with Crippen LogP contribution in [0.4, 0.5) is 0 Å². The van der Waals surface area contributed by atoms with Gasteiger partial charge in [-0.1, -0.05) is 23.5 Å². The topological polar surface area (TPSA) is 85.3 Å². The number of furan rings is 1. The Morgan fingerprint density at radius 3 is 2.68 bits per heavy atom. The van der Waals surface area contributed by atoms with Gasteiger partial charge in [0.15, 0.2) is 5.76 Å². The maximum atomic E-state index is 11.2. The van der Waals surface area contributed by atoms with E-state index in [9.17, 15) is 5.11 Å². The van der Waals surface area contributed by atoms with Gasteiger partial charge < -0.3 is 19.0 Å². The van der Waals surface area contributed by atoms with E-state index in [0.717, 1.165) is 29.3 Å². The first-order valence-corrected chi connectivity index (χ1v) is 11.0. The highest BCUT2D eigenvalue weighted by Gasteiger charge is 2.34. The summed E-state index contributed by atoms with van der Waals surface area (Å²) in [6.07, 6.45) is 1.76. The molecule has 0 radical (unpaired) electrons. The Labute approximate surface area is 183 Å². The lowest BCUT2D eigenvalue weighted by Gasteiger charge is -2.40. The molecule has 1 N–H and O–H groups in total. The van der Waals surface area contributed by atoms with Gasteiger partial charge in [-0.15, -0.1) is 5.10 Å². The van der Waals surface area contributed by atoms with Crippen molar-refractivity contribution in [2.45, 2.75) is 32.1 Å². The Balaban J connectivity index is 1.61. The second-order valence-corrected chi connectivity index (χ2v) is 8.80. The van der Waals surface area contributed by atoms with Crippen molar-refractivity contribution in [1.82, 2.24) is 19.5 Å². The molecule has 1 aliphatic rings. The number of hydrogen-bond acceptors (Lipinski definition) is 8. The van der Waals surface area contributed by atoms with E-state index in [4.69, 9.17) is 13.9 Å². The van der Waals surface area contributed by atoms with Crippen LogP contribution in [0, 0.1) is 0 Å². The average Bonchev–Trinajstić information content (AvgIpc) is 3.47. The molecule has 1 saturated heterocycles. The van der Waals surface area contributed by atoms with Crippen LogP contribution < -0.4 is 4.74 Å². The van der Waals surface area contributed by atoms with Gasteiger partial charge in [-0.2, -0.15) is 9.50 Å². The second-order valence-electron chi connectivity index (χ2n) is 7.79. The van der Waals surface area contributed by atoms with Crippen LogP contribution in [0.3, 0.4) is 0 Å². The monoisotopic (exact) mass is 440 g/mol. The van der Waals surface area contributed by atoms with Crippen LogP contribution in [0.1, 0.15) is 30.3 Å². The molecule has 4 aromatic rings. The van der Waals surface area contributed by atoms with Gasteiger partial charge in [-0.25, -0.2) is 0 Å². The van der Waals surface area contributed by atoms with Crippen molar-refractivity contribution in [1.29, 1.82) is 0 Å². The first kappa shape index (κ1) is 20.0. The van der Waals surface area contributed by atoms with Gasteiger partial charge in [0.05, 0.1) is 36.5 Å². The summed E-state index contributed by atoms with van der Waals surface area (Å²) in [6, 6.07) is 11.4. The largest absolute Gasteiger partial charge is 0.497 e. The number of nitrogens with zero attached hydrogens (tertiary/aromatic N) is 4. The van der Waals surface area contributed by atoms with Crippen LogP contribution in [0.15, 0.2) is 47.1 Å². The minimum absolute atomic E-state index is 0.0879. The Hall–Kier alpha value is -2.88. The van der Waals surface area contributed by atoms with E-state index in [1.165, 1.54) is 15.9 Å². The minimum Gasteiger partial charge on any atom is -0.497 e. The maximum absolute atomic E-state index is 11.2. The van der Waals surface area contributed by atoms with Gasteiger partial charge in [0.2, 0.25) is 16.7 Å². The lowest BCUT2D eigenvalue weighted by atomic mass is 10.0.